The van der Waals surface area contributed by atoms with Gasteiger partial charge in [-0.25, -0.2) is 8.42 Å². The highest BCUT2D eigenvalue weighted by Gasteiger charge is 2.31. The summed E-state index contributed by atoms with van der Waals surface area (Å²) < 4.78 is 26.7. The number of hydrogen-bond donors (Lipinski definition) is 1. The van der Waals surface area contributed by atoms with E-state index in [0.717, 1.165) is 41.7 Å². The van der Waals surface area contributed by atoms with Crippen molar-refractivity contribution in [2.24, 2.45) is 5.92 Å². The summed E-state index contributed by atoms with van der Waals surface area (Å²) in [6, 6.07) is 8.93. The molecule has 1 heterocycles. The smallest absolute Gasteiger partial charge is 0.223 e. The lowest BCUT2D eigenvalue weighted by Gasteiger charge is -2.23. The number of rotatable bonds is 6. The van der Waals surface area contributed by atoms with Crippen LogP contribution < -0.4 is 5.32 Å². The highest BCUT2D eigenvalue weighted by molar-refractivity contribution is 7.91. The van der Waals surface area contributed by atoms with Crippen LogP contribution in [0.1, 0.15) is 53.4 Å². The summed E-state index contributed by atoms with van der Waals surface area (Å²) >= 11 is 1.42. The van der Waals surface area contributed by atoms with Crippen molar-refractivity contribution in [2.75, 3.05) is 6.54 Å². The quantitative estimate of drug-likeness (QED) is 0.765. The molecule has 0 spiro atoms. The molecule has 1 aromatic carbocycles. The molecule has 3 rings (SSSR count). The minimum absolute atomic E-state index is 0.00783. The summed E-state index contributed by atoms with van der Waals surface area (Å²) in [7, 11) is -3.59. The van der Waals surface area contributed by atoms with E-state index < -0.39 is 15.1 Å². The van der Waals surface area contributed by atoms with E-state index in [2.05, 4.69) is 5.32 Å². The van der Waals surface area contributed by atoms with Crippen LogP contribution in [-0.4, -0.2) is 20.9 Å². The van der Waals surface area contributed by atoms with Gasteiger partial charge in [0.15, 0.2) is 9.84 Å². The topological polar surface area (TPSA) is 63.2 Å². The van der Waals surface area contributed by atoms with E-state index in [1.807, 2.05) is 37.4 Å². The third kappa shape index (κ3) is 4.61. The van der Waals surface area contributed by atoms with Crippen LogP contribution >= 0.6 is 11.3 Å². The van der Waals surface area contributed by atoms with Gasteiger partial charge in [0.2, 0.25) is 5.91 Å². The van der Waals surface area contributed by atoms with Crippen LogP contribution in [0.25, 0.3) is 0 Å². The van der Waals surface area contributed by atoms with Crippen molar-refractivity contribution in [1.29, 1.82) is 0 Å². The summed E-state index contributed by atoms with van der Waals surface area (Å²) in [5.74, 6) is 0.0126. The molecule has 1 aliphatic carbocycles. The number of hydrogen-bond acceptors (Lipinski definition) is 4. The lowest BCUT2D eigenvalue weighted by atomic mass is 9.89. The Morgan fingerprint density at radius 2 is 1.89 bits per heavy atom. The second kappa shape index (κ2) is 8.57. The summed E-state index contributed by atoms with van der Waals surface area (Å²) in [6.45, 7) is 4.00. The molecule has 0 radical (unpaired) electrons. The van der Waals surface area contributed by atoms with Gasteiger partial charge in [0.05, 0.1) is 4.90 Å². The molecular weight excluding hydrogens is 378 g/mol. The van der Waals surface area contributed by atoms with Gasteiger partial charge in [0.1, 0.15) is 5.25 Å². The van der Waals surface area contributed by atoms with Crippen LogP contribution in [0.15, 0.2) is 40.6 Å². The Hall–Kier alpha value is -1.66. The van der Waals surface area contributed by atoms with E-state index in [9.17, 15) is 13.2 Å². The molecular formula is C21H27NO3S2. The molecule has 1 fully saturated rings. The number of amides is 1. The monoisotopic (exact) mass is 405 g/mol. The lowest BCUT2D eigenvalue weighted by Crippen LogP contribution is -2.36. The van der Waals surface area contributed by atoms with Gasteiger partial charge in [-0.2, -0.15) is 0 Å². The minimum Gasteiger partial charge on any atom is -0.354 e. The number of benzene rings is 1. The SMILES string of the molecule is Cc1ccc(S(=O)(=O)[C@@H](CNC(=O)C2CCCCC2)c2cccs2)cc1C. The maximum Gasteiger partial charge on any atom is 0.223 e. The van der Waals surface area contributed by atoms with Gasteiger partial charge in [-0.3, -0.25) is 4.79 Å². The molecule has 1 atom stereocenters. The van der Waals surface area contributed by atoms with Gasteiger partial charge in [-0.1, -0.05) is 31.4 Å². The third-order valence-corrected chi connectivity index (χ3v) is 8.70. The Balaban J connectivity index is 1.83. The van der Waals surface area contributed by atoms with Crippen molar-refractivity contribution in [1.82, 2.24) is 5.32 Å². The third-order valence-electron chi connectivity index (χ3n) is 5.48. The largest absolute Gasteiger partial charge is 0.354 e. The Morgan fingerprint density at radius 3 is 2.52 bits per heavy atom. The van der Waals surface area contributed by atoms with E-state index in [0.29, 0.717) is 4.90 Å². The Morgan fingerprint density at radius 1 is 1.15 bits per heavy atom. The van der Waals surface area contributed by atoms with Crippen LogP contribution in [-0.2, 0) is 14.6 Å². The standard InChI is InChI=1S/C21H27NO3S2/c1-15-10-11-18(13-16(15)2)27(24,25)20(19-9-6-12-26-19)14-22-21(23)17-7-4-3-5-8-17/h6,9-13,17,20H,3-5,7-8,14H2,1-2H3,(H,22,23)/t20-/m0/s1. The van der Waals surface area contributed by atoms with Crippen LogP contribution in [0.4, 0.5) is 0 Å². The zero-order valence-electron chi connectivity index (χ0n) is 15.9. The normalized spacial score (nSPS) is 16.8. The van der Waals surface area contributed by atoms with E-state index >= 15 is 0 Å². The number of nitrogens with one attached hydrogen (secondary N) is 1. The molecule has 0 aliphatic heterocycles. The number of carbonyl (C=O) groups excluding carboxylic acids is 1. The van der Waals surface area contributed by atoms with Crippen molar-refractivity contribution in [2.45, 2.75) is 56.1 Å². The predicted molar refractivity (Wildman–Crippen MR) is 110 cm³/mol. The molecule has 1 saturated carbocycles. The number of carbonyl (C=O) groups is 1. The molecule has 0 saturated heterocycles. The first kappa shape index (κ1) is 20.1. The maximum absolute atomic E-state index is 13.3. The number of thiophene rings is 1. The van der Waals surface area contributed by atoms with Crippen molar-refractivity contribution in [3.8, 4) is 0 Å². The van der Waals surface area contributed by atoms with Gasteiger partial charge in [0.25, 0.3) is 0 Å². The summed E-state index contributed by atoms with van der Waals surface area (Å²) in [5.41, 5.74) is 2.01. The van der Waals surface area contributed by atoms with Gasteiger partial charge in [-0.15, -0.1) is 11.3 Å². The molecule has 4 nitrogen and oxygen atoms in total. The van der Waals surface area contributed by atoms with Crippen molar-refractivity contribution in [3.63, 3.8) is 0 Å². The highest BCUT2D eigenvalue weighted by atomic mass is 32.2. The molecule has 1 amide bonds. The van der Waals surface area contributed by atoms with Gasteiger partial charge in [-0.05, 0) is 61.4 Å². The first-order valence-electron chi connectivity index (χ1n) is 9.52. The van der Waals surface area contributed by atoms with Crippen molar-refractivity contribution in [3.05, 3.63) is 51.7 Å². The fraction of sp³-hybridized carbons (Fsp3) is 0.476. The van der Waals surface area contributed by atoms with Crippen molar-refractivity contribution >= 4 is 27.1 Å². The predicted octanol–water partition coefficient (Wildman–Crippen LogP) is 4.58. The van der Waals surface area contributed by atoms with Crippen molar-refractivity contribution < 1.29 is 13.2 Å². The van der Waals surface area contributed by atoms with Crippen LogP contribution in [0.3, 0.4) is 0 Å². The zero-order chi connectivity index (χ0) is 19.4. The van der Waals surface area contributed by atoms with Gasteiger partial charge >= 0.3 is 0 Å². The number of aryl methyl sites for hydroxylation is 2. The Bertz CT molecular complexity index is 882. The van der Waals surface area contributed by atoms with E-state index in [-0.39, 0.29) is 18.4 Å². The van der Waals surface area contributed by atoms with Crippen LogP contribution in [0.5, 0.6) is 0 Å². The average molecular weight is 406 g/mol. The molecule has 1 aromatic heterocycles. The number of sulfone groups is 1. The fourth-order valence-electron chi connectivity index (χ4n) is 3.60. The van der Waals surface area contributed by atoms with Gasteiger partial charge in [0, 0.05) is 17.3 Å². The molecule has 6 heteroatoms. The lowest BCUT2D eigenvalue weighted by molar-refractivity contribution is -0.125. The molecule has 0 bridgehead atoms. The molecule has 2 aromatic rings. The maximum atomic E-state index is 13.3. The van der Waals surface area contributed by atoms with E-state index in [1.54, 1.807) is 12.1 Å². The Labute approximate surface area is 165 Å². The molecule has 146 valence electrons. The summed E-state index contributed by atoms with van der Waals surface area (Å²) in [6.07, 6.45) is 5.14. The Kier molecular flexibility index (Phi) is 6.37. The minimum atomic E-state index is -3.59. The molecule has 27 heavy (non-hydrogen) atoms. The highest BCUT2D eigenvalue weighted by Crippen LogP contribution is 2.32. The summed E-state index contributed by atoms with van der Waals surface area (Å²) in [5, 5.41) is 4.05. The summed E-state index contributed by atoms with van der Waals surface area (Å²) in [4.78, 5) is 13.6. The first-order valence-corrected chi connectivity index (χ1v) is 11.9. The van der Waals surface area contributed by atoms with Crippen LogP contribution in [0, 0.1) is 19.8 Å². The van der Waals surface area contributed by atoms with Gasteiger partial charge < -0.3 is 5.32 Å². The fourth-order valence-corrected chi connectivity index (χ4v) is 6.46. The first-order chi connectivity index (χ1) is 12.9. The second-order valence-electron chi connectivity index (χ2n) is 7.38. The molecule has 1 N–H and O–H groups in total. The van der Waals surface area contributed by atoms with E-state index in [1.165, 1.54) is 17.8 Å². The molecule has 0 unspecified atom stereocenters. The second-order valence-corrected chi connectivity index (χ2v) is 10.5. The zero-order valence-corrected chi connectivity index (χ0v) is 17.5. The average Bonchev–Trinajstić information content (AvgIpc) is 3.18. The molecule has 1 aliphatic rings. The van der Waals surface area contributed by atoms with E-state index in [4.69, 9.17) is 0 Å². The van der Waals surface area contributed by atoms with Crippen LogP contribution in [0.2, 0.25) is 0 Å².